The van der Waals surface area contributed by atoms with Gasteiger partial charge in [0.25, 0.3) is 5.56 Å². The number of aromatic nitrogens is 4. The molecule has 3 heterocycles. The number of aromatic amines is 1. The fourth-order valence-electron chi connectivity index (χ4n) is 3.28. The van der Waals surface area contributed by atoms with Crippen LogP contribution in [0.25, 0.3) is 11.2 Å². The summed E-state index contributed by atoms with van der Waals surface area (Å²) in [7, 11) is 0. The van der Waals surface area contributed by atoms with E-state index in [-0.39, 0.29) is 17.1 Å². The standard InChI is InChI=1S/C18H30N5O4PS/c1-5-6-9-29-18-20-11-14(21-17(19)22-15(11)26)23(18)16-13(25)12(24)10(27-16)7-8-28(2,3)4/h10,12-13,16,24-25H,2,5-9H2,1,3-4H3,(H3,19,21,22,26)/t10-,12-,13-,16?/m1/s1. The zero-order valence-corrected chi connectivity index (χ0v) is 18.7. The number of nitrogens with two attached hydrogens (primary N) is 1. The number of rotatable bonds is 8. The van der Waals surface area contributed by atoms with Crippen molar-refractivity contribution < 1.29 is 14.9 Å². The summed E-state index contributed by atoms with van der Waals surface area (Å²) in [5.74, 6) is 0.754. The molecule has 0 radical (unpaired) electrons. The van der Waals surface area contributed by atoms with E-state index in [1.807, 2.05) is 0 Å². The highest BCUT2D eigenvalue weighted by Crippen LogP contribution is 2.41. The molecule has 1 saturated heterocycles. The molecule has 3 rings (SSSR count). The van der Waals surface area contributed by atoms with Crippen molar-refractivity contribution in [1.29, 1.82) is 0 Å². The first-order chi connectivity index (χ1) is 13.6. The number of aliphatic hydroxyl groups excluding tert-OH is 2. The lowest BCUT2D eigenvalue weighted by atomic mass is 10.1. The maximum absolute atomic E-state index is 12.3. The minimum Gasteiger partial charge on any atom is -0.388 e. The lowest BCUT2D eigenvalue weighted by Crippen LogP contribution is -2.32. The first-order valence-corrected chi connectivity index (χ1v) is 13.8. The van der Waals surface area contributed by atoms with Gasteiger partial charge in [-0.25, -0.2) is 4.98 Å². The van der Waals surface area contributed by atoms with Crippen LogP contribution in [0.15, 0.2) is 9.95 Å². The quantitative estimate of drug-likeness (QED) is 0.272. The number of thioether (sulfide) groups is 1. The molecule has 1 aliphatic heterocycles. The molecule has 1 unspecified atom stereocenters. The van der Waals surface area contributed by atoms with E-state index in [0.29, 0.717) is 11.6 Å². The van der Waals surface area contributed by atoms with Gasteiger partial charge in [-0.1, -0.05) is 25.1 Å². The van der Waals surface area contributed by atoms with Crippen molar-refractivity contribution in [3.63, 3.8) is 0 Å². The van der Waals surface area contributed by atoms with Crippen LogP contribution < -0.4 is 11.3 Å². The molecule has 4 atom stereocenters. The molecular formula is C18H30N5O4PS. The van der Waals surface area contributed by atoms with E-state index in [9.17, 15) is 15.0 Å². The van der Waals surface area contributed by atoms with Crippen LogP contribution in [0.5, 0.6) is 0 Å². The molecular weight excluding hydrogens is 413 g/mol. The highest BCUT2D eigenvalue weighted by molar-refractivity contribution is 7.99. The molecule has 0 spiro atoms. The Balaban J connectivity index is 1.99. The van der Waals surface area contributed by atoms with Crippen molar-refractivity contribution in [3.8, 4) is 0 Å². The predicted molar refractivity (Wildman–Crippen MR) is 119 cm³/mol. The molecule has 0 aromatic carbocycles. The number of H-pyrrole nitrogens is 1. The van der Waals surface area contributed by atoms with Crippen molar-refractivity contribution in [3.05, 3.63) is 10.4 Å². The fourth-order valence-corrected chi connectivity index (χ4v) is 5.33. The van der Waals surface area contributed by atoms with Crippen molar-refractivity contribution in [2.75, 3.05) is 31.0 Å². The van der Waals surface area contributed by atoms with Gasteiger partial charge in [0.15, 0.2) is 22.5 Å². The van der Waals surface area contributed by atoms with Gasteiger partial charge in [-0.2, -0.15) is 4.98 Å². The second-order valence-corrected chi connectivity index (χ2v) is 13.5. The lowest BCUT2D eigenvalue weighted by molar-refractivity contribution is -0.0400. The molecule has 0 amide bonds. The Kier molecular flexibility index (Phi) is 6.80. The molecule has 2 aromatic heterocycles. The third-order valence-corrected chi connectivity index (χ3v) is 7.38. The first-order valence-electron chi connectivity index (χ1n) is 9.72. The van der Waals surface area contributed by atoms with Gasteiger partial charge in [0.1, 0.15) is 12.2 Å². The number of hydrogen-bond donors (Lipinski definition) is 4. The largest absolute Gasteiger partial charge is 0.388 e. The summed E-state index contributed by atoms with van der Waals surface area (Å²) in [6, 6.07) is 0. The van der Waals surface area contributed by atoms with Gasteiger partial charge in [0.05, 0.1) is 6.10 Å². The Morgan fingerprint density at radius 3 is 2.72 bits per heavy atom. The monoisotopic (exact) mass is 443 g/mol. The summed E-state index contributed by atoms with van der Waals surface area (Å²) in [6.45, 7) is 5.03. The van der Waals surface area contributed by atoms with Crippen LogP contribution in [0.2, 0.25) is 0 Å². The summed E-state index contributed by atoms with van der Waals surface area (Å²) in [5.41, 5.74) is 5.67. The van der Waals surface area contributed by atoms with Gasteiger partial charge in [-0.3, -0.25) is 14.3 Å². The van der Waals surface area contributed by atoms with Crippen molar-refractivity contribution >= 4 is 42.1 Å². The summed E-state index contributed by atoms with van der Waals surface area (Å²) >= 11 is 1.46. The molecule has 0 aliphatic carbocycles. The number of nitrogens with one attached hydrogen (secondary N) is 1. The van der Waals surface area contributed by atoms with Crippen LogP contribution in [0.3, 0.4) is 0 Å². The number of anilines is 1. The van der Waals surface area contributed by atoms with Crippen LogP contribution in [-0.4, -0.2) is 79.6 Å². The highest BCUT2D eigenvalue weighted by Gasteiger charge is 2.45. The normalized spacial score (nSPS) is 25.1. The summed E-state index contributed by atoms with van der Waals surface area (Å²) in [4.78, 5) is 23.4. The molecule has 1 fully saturated rings. The minimum absolute atomic E-state index is 0.0399. The zero-order valence-electron chi connectivity index (χ0n) is 17.0. The van der Waals surface area contributed by atoms with E-state index in [4.69, 9.17) is 10.5 Å². The van der Waals surface area contributed by atoms with Crippen molar-refractivity contribution in [1.82, 2.24) is 19.5 Å². The smallest absolute Gasteiger partial charge is 0.280 e. The summed E-state index contributed by atoms with van der Waals surface area (Å²) in [5, 5.41) is 21.8. The molecule has 0 saturated carbocycles. The Morgan fingerprint density at radius 2 is 2.07 bits per heavy atom. The Bertz CT molecular complexity index is 971. The van der Waals surface area contributed by atoms with Crippen LogP contribution in [0.1, 0.15) is 32.4 Å². The molecule has 11 heteroatoms. The summed E-state index contributed by atoms with van der Waals surface area (Å²) < 4.78 is 7.66. The van der Waals surface area contributed by atoms with E-state index in [2.05, 4.69) is 41.5 Å². The number of nitrogens with zero attached hydrogens (tertiary/aromatic N) is 3. The van der Waals surface area contributed by atoms with Crippen LogP contribution in [-0.2, 0) is 4.74 Å². The number of unbranched alkanes of at least 4 members (excludes halogenated alkanes) is 1. The number of ether oxygens (including phenoxy) is 1. The van der Waals surface area contributed by atoms with E-state index in [0.717, 1.165) is 24.8 Å². The van der Waals surface area contributed by atoms with Gasteiger partial charge in [-0.15, -0.1) is 13.2 Å². The molecule has 5 N–H and O–H groups in total. The van der Waals surface area contributed by atoms with Crippen LogP contribution in [0.4, 0.5) is 5.95 Å². The van der Waals surface area contributed by atoms with Gasteiger partial charge in [0, 0.05) is 5.75 Å². The van der Waals surface area contributed by atoms with Gasteiger partial charge < -0.3 is 20.7 Å². The van der Waals surface area contributed by atoms with E-state index < -0.39 is 37.0 Å². The van der Waals surface area contributed by atoms with E-state index >= 15 is 0 Å². The van der Waals surface area contributed by atoms with Gasteiger partial charge in [-0.05, 0) is 32.3 Å². The van der Waals surface area contributed by atoms with Gasteiger partial charge >= 0.3 is 0 Å². The highest BCUT2D eigenvalue weighted by atomic mass is 32.2. The third-order valence-electron chi connectivity index (χ3n) is 4.88. The SMILES string of the molecule is C=P(C)(C)CC[C@H]1OC(n2c(SCCCC)nc3c(=O)[nH]c(N)nc32)[C@H](O)[C@@H]1O. The zero-order chi connectivity index (χ0) is 21.3. The van der Waals surface area contributed by atoms with Gasteiger partial charge in [0.2, 0.25) is 5.95 Å². The Morgan fingerprint density at radius 1 is 1.34 bits per heavy atom. The second kappa shape index (κ2) is 8.81. The topological polar surface area (TPSA) is 139 Å². The lowest BCUT2D eigenvalue weighted by Gasteiger charge is -2.19. The fraction of sp³-hybridized carbons (Fsp3) is 0.667. The van der Waals surface area contributed by atoms with E-state index in [1.165, 1.54) is 11.8 Å². The summed E-state index contributed by atoms with van der Waals surface area (Å²) in [6.07, 6.45) is 3.98. The molecule has 162 valence electrons. The molecule has 2 aromatic rings. The first kappa shape index (κ1) is 22.4. The number of imidazole rings is 1. The number of fused-ring (bicyclic) bond motifs is 1. The maximum atomic E-state index is 12.3. The number of hydrogen-bond acceptors (Lipinski definition) is 8. The van der Waals surface area contributed by atoms with Crippen molar-refractivity contribution in [2.45, 2.75) is 55.9 Å². The van der Waals surface area contributed by atoms with Crippen LogP contribution in [0, 0.1) is 0 Å². The predicted octanol–water partition coefficient (Wildman–Crippen LogP) is 1.31. The molecule has 29 heavy (non-hydrogen) atoms. The Labute approximate surface area is 174 Å². The number of aliphatic hydroxyl groups is 2. The molecule has 1 aliphatic rings. The Hall–Kier alpha value is -1.32. The molecule has 0 bridgehead atoms. The van der Waals surface area contributed by atoms with E-state index in [1.54, 1.807) is 4.57 Å². The number of nitrogen functional groups attached to an aromatic ring is 1. The molecule has 9 nitrogen and oxygen atoms in total. The second-order valence-electron chi connectivity index (χ2n) is 8.08. The van der Waals surface area contributed by atoms with Crippen molar-refractivity contribution in [2.24, 2.45) is 0 Å². The average Bonchev–Trinajstić information content (AvgIpc) is 3.11. The van der Waals surface area contributed by atoms with Crippen LogP contribution >= 0.6 is 18.6 Å². The maximum Gasteiger partial charge on any atom is 0.280 e. The average molecular weight is 444 g/mol. The minimum atomic E-state index is -1.29. The third kappa shape index (κ3) is 4.88.